The lowest BCUT2D eigenvalue weighted by molar-refractivity contribution is -0.0590. The van der Waals surface area contributed by atoms with Crippen molar-refractivity contribution in [2.45, 2.75) is 25.6 Å². The van der Waals surface area contributed by atoms with Gasteiger partial charge in [0, 0.05) is 12.2 Å². The highest BCUT2D eigenvalue weighted by Gasteiger charge is 2.29. The van der Waals surface area contributed by atoms with Gasteiger partial charge in [-0.25, -0.2) is 4.98 Å². The lowest BCUT2D eigenvalue weighted by Crippen LogP contribution is -2.31. The molecule has 7 nitrogen and oxygen atoms in total. The molecule has 0 saturated carbocycles. The van der Waals surface area contributed by atoms with E-state index in [1.165, 1.54) is 0 Å². The van der Waals surface area contributed by atoms with E-state index in [-0.39, 0.29) is 12.0 Å². The van der Waals surface area contributed by atoms with Crippen LogP contribution in [0.25, 0.3) is 11.5 Å². The molecule has 0 aliphatic carbocycles. The zero-order valence-corrected chi connectivity index (χ0v) is 14.1. The fourth-order valence-electron chi connectivity index (χ4n) is 3.37. The van der Waals surface area contributed by atoms with Crippen molar-refractivity contribution in [3.8, 4) is 11.5 Å². The summed E-state index contributed by atoms with van der Waals surface area (Å²) in [6.07, 6.45) is 2.95. The molecule has 2 aromatic heterocycles. The van der Waals surface area contributed by atoms with Crippen LogP contribution in [0.15, 0.2) is 48.8 Å². The number of pyridine rings is 1. The van der Waals surface area contributed by atoms with Crippen molar-refractivity contribution in [2.75, 3.05) is 11.5 Å². The van der Waals surface area contributed by atoms with E-state index in [0.29, 0.717) is 30.4 Å². The Morgan fingerprint density at radius 2 is 2.04 bits per heavy atom. The van der Waals surface area contributed by atoms with Gasteiger partial charge in [0.15, 0.2) is 5.82 Å². The lowest BCUT2D eigenvalue weighted by Gasteiger charge is -2.26. The number of anilines is 1. The number of amides is 1. The zero-order chi connectivity index (χ0) is 17.5. The van der Waals surface area contributed by atoms with Gasteiger partial charge in [0.25, 0.3) is 5.91 Å². The largest absolute Gasteiger partial charge is 0.376 e. The molecule has 0 bridgehead atoms. The van der Waals surface area contributed by atoms with Gasteiger partial charge >= 0.3 is 0 Å². The fraction of sp³-hybridized carbons (Fsp3) is 0.263. The number of nitrogens with zero attached hydrogens (tertiary/aromatic N) is 5. The minimum Gasteiger partial charge on any atom is -0.376 e. The fourth-order valence-corrected chi connectivity index (χ4v) is 3.37. The first-order valence-corrected chi connectivity index (χ1v) is 8.66. The second-order valence-electron chi connectivity index (χ2n) is 6.52. The number of rotatable bonds is 4. The van der Waals surface area contributed by atoms with Gasteiger partial charge < -0.3 is 9.30 Å². The van der Waals surface area contributed by atoms with E-state index in [4.69, 9.17) is 4.74 Å². The molecule has 5 rings (SSSR count). The maximum Gasteiger partial charge on any atom is 0.260 e. The number of hydrogen-bond acceptors (Lipinski definition) is 5. The first-order chi connectivity index (χ1) is 12.8. The van der Waals surface area contributed by atoms with E-state index in [1.54, 1.807) is 11.2 Å². The summed E-state index contributed by atoms with van der Waals surface area (Å²) in [6, 6.07) is 13.3. The van der Waals surface area contributed by atoms with Crippen LogP contribution in [0, 0.1) is 0 Å². The normalized spacial score (nSPS) is 18.7. The summed E-state index contributed by atoms with van der Waals surface area (Å²) in [5.41, 5.74) is 2.46. The lowest BCUT2D eigenvalue weighted by atomic mass is 10.1. The Bertz CT molecular complexity index is 979. The van der Waals surface area contributed by atoms with E-state index in [1.807, 2.05) is 47.0 Å². The number of ether oxygens (including phenoxy) is 1. The number of aromatic nitrogens is 4. The predicted molar refractivity (Wildman–Crippen MR) is 94.6 cm³/mol. The molecule has 4 heterocycles. The predicted octanol–water partition coefficient (Wildman–Crippen LogP) is 2.29. The molecular weight excluding hydrogens is 330 g/mol. The van der Waals surface area contributed by atoms with Crippen LogP contribution in [-0.2, 0) is 17.8 Å². The molecule has 0 radical (unpaired) electrons. The second-order valence-corrected chi connectivity index (χ2v) is 6.52. The Morgan fingerprint density at radius 3 is 2.85 bits per heavy atom. The molecule has 1 saturated heterocycles. The van der Waals surface area contributed by atoms with Gasteiger partial charge in [-0.1, -0.05) is 24.3 Å². The molecule has 0 spiro atoms. The van der Waals surface area contributed by atoms with E-state index in [9.17, 15) is 4.79 Å². The van der Waals surface area contributed by atoms with E-state index < -0.39 is 0 Å². The number of carbonyl (C=O) groups excluding carboxylic acids is 1. The van der Waals surface area contributed by atoms with E-state index in [2.05, 4.69) is 15.2 Å². The van der Waals surface area contributed by atoms with Crippen molar-refractivity contribution < 1.29 is 9.53 Å². The van der Waals surface area contributed by atoms with Crippen LogP contribution in [-0.4, -0.2) is 38.4 Å². The Morgan fingerprint density at radius 1 is 1.15 bits per heavy atom. The van der Waals surface area contributed by atoms with Crippen LogP contribution in [0.4, 0.5) is 5.82 Å². The van der Waals surface area contributed by atoms with Crippen molar-refractivity contribution in [3.05, 3.63) is 59.9 Å². The number of carbonyl (C=O) groups is 1. The number of fused-ring (bicyclic) bond motifs is 1. The van der Waals surface area contributed by atoms with E-state index >= 15 is 0 Å². The standard InChI is InChI=1S/C19H17N5O2/c25-19-15-5-2-1-4-13(15)10-24(19)17-7-3-6-16(21-17)18-22-20-12-23(18)11-14-8-9-26-14/h1-7,12,14H,8-11H2. The van der Waals surface area contributed by atoms with Gasteiger partial charge in [-0.05, 0) is 30.2 Å². The van der Waals surface area contributed by atoms with Crippen LogP contribution in [0.2, 0.25) is 0 Å². The van der Waals surface area contributed by atoms with Crippen molar-refractivity contribution in [1.29, 1.82) is 0 Å². The minimum atomic E-state index is -0.0189. The summed E-state index contributed by atoms with van der Waals surface area (Å²) in [6.45, 7) is 2.06. The topological polar surface area (TPSA) is 73.1 Å². The first-order valence-electron chi connectivity index (χ1n) is 8.66. The molecule has 7 heteroatoms. The summed E-state index contributed by atoms with van der Waals surface area (Å²) < 4.78 is 7.45. The highest BCUT2D eigenvalue weighted by molar-refractivity contribution is 6.09. The van der Waals surface area contributed by atoms with Crippen molar-refractivity contribution in [3.63, 3.8) is 0 Å². The number of hydrogen-bond donors (Lipinski definition) is 0. The van der Waals surface area contributed by atoms with E-state index in [0.717, 1.165) is 24.2 Å². The Labute approximate surface area is 150 Å². The third-order valence-electron chi connectivity index (χ3n) is 4.87. The third kappa shape index (κ3) is 2.48. The van der Waals surface area contributed by atoms with Crippen LogP contribution in [0.3, 0.4) is 0 Å². The van der Waals surface area contributed by atoms with Crippen LogP contribution in [0.1, 0.15) is 22.3 Å². The SMILES string of the molecule is O=C1c2ccccc2CN1c1cccc(-c2nncn2CC2CCO2)n1. The maximum absolute atomic E-state index is 12.7. The van der Waals surface area contributed by atoms with Gasteiger partial charge in [0.05, 0.1) is 19.2 Å². The first kappa shape index (κ1) is 15.2. The van der Waals surface area contributed by atoms with Crippen LogP contribution < -0.4 is 4.90 Å². The number of benzene rings is 1. The molecule has 1 fully saturated rings. The average molecular weight is 347 g/mol. The van der Waals surface area contributed by atoms with Gasteiger partial charge in [0.2, 0.25) is 0 Å². The van der Waals surface area contributed by atoms with Crippen molar-refractivity contribution >= 4 is 11.7 Å². The molecule has 130 valence electrons. The Hall–Kier alpha value is -3.06. The van der Waals surface area contributed by atoms with Gasteiger partial charge in [-0.2, -0.15) is 0 Å². The molecule has 2 aliphatic heterocycles. The molecule has 3 aromatic rings. The minimum absolute atomic E-state index is 0.0189. The smallest absolute Gasteiger partial charge is 0.260 e. The highest BCUT2D eigenvalue weighted by Crippen LogP contribution is 2.28. The van der Waals surface area contributed by atoms with Gasteiger partial charge in [-0.15, -0.1) is 10.2 Å². The Balaban J connectivity index is 1.46. The Kier molecular flexibility index (Phi) is 3.53. The summed E-state index contributed by atoms with van der Waals surface area (Å²) in [5.74, 6) is 1.29. The quantitative estimate of drug-likeness (QED) is 0.724. The van der Waals surface area contributed by atoms with Crippen molar-refractivity contribution in [2.24, 2.45) is 0 Å². The summed E-state index contributed by atoms with van der Waals surface area (Å²) >= 11 is 0. The summed E-state index contributed by atoms with van der Waals surface area (Å²) in [5, 5.41) is 8.24. The summed E-state index contributed by atoms with van der Waals surface area (Å²) in [7, 11) is 0. The molecule has 26 heavy (non-hydrogen) atoms. The molecule has 1 aromatic carbocycles. The molecule has 1 atom stereocenters. The molecular formula is C19H17N5O2. The van der Waals surface area contributed by atoms with Crippen LogP contribution >= 0.6 is 0 Å². The summed E-state index contributed by atoms with van der Waals surface area (Å²) in [4.78, 5) is 19.1. The zero-order valence-electron chi connectivity index (χ0n) is 14.1. The van der Waals surface area contributed by atoms with Gasteiger partial charge in [0.1, 0.15) is 17.8 Å². The van der Waals surface area contributed by atoms with Crippen LogP contribution in [0.5, 0.6) is 0 Å². The highest BCUT2D eigenvalue weighted by atomic mass is 16.5. The molecule has 1 unspecified atom stereocenters. The molecule has 2 aliphatic rings. The monoisotopic (exact) mass is 347 g/mol. The molecule has 0 N–H and O–H groups in total. The van der Waals surface area contributed by atoms with Gasteiger partial charge in [-0.3, -0.25) is 9.69 Å². The van der Waals surface area contributed by atoms with Crippen molar-refractivity contribution in [1.82, 2.24) is 19.7 Å². The second kappa shape index (κ2) is 6.03. The molecule has 1 amide bonds. The third-order valence-corrected chi connectivity index (χ3v) is 4.87. The maximum atomic E-state index is 12.7. The average Bonchev–Trinajstić information content (AvgIpc) is 3.23.